The van der Waals surface area contributed by atoms with Crippen LogP contribution < -0.4 is 0 Å². The second kappa shape index (κ2) is 8.69. The summed E-state index contributed by atoms with van der Waals surface area (Å²) >= 11 is 0. The standard InChI is InChI=1S/C33H27N3/c1-33(2,3)32-35-30(23-12-8-5-9-13-23)34-31(36-32)27-17-19-29-26(21-27)15-14-25-20-24(16-18-28(25)29)22-10-6-4-7-11-22/h4-21H,1-3H3. The number of hydrogen-bond acceptors (Lipinski definition) is 3. The Morgan fingerprint density at radius 3 is 1.53 bits per heavy atom. The van der Waals surface area contributed by atoms with Gasteiger partial charge in [0.1, 0.15) is 5.82 Å². The summed E-state index contributed by atoms with van der Waals surface area (Å²) in [6.07, 6.45) is 0. The molecular weight excluding hydrogens is 438 g/mol. The Bertz CT molecular complexity index is 1700. The lowest BCUT2D eigenvalue weighted by Crippen LogP contribution is -2.18. The summed E-state index contributed by atoms with van der Waals surface area (Å²) in [6, 6.07) is 38.3. The Balaban J connectivity index is 1.47. The van der Waals surface area contributed by atoms with Gasteiger partial charge in [0.15, 0.2) is 11.6 Å². The maximum Gasteiger partial charge on any atom is 0.163 e. The first-order valence-electron chi connectivity index (χ1n) is 12.3. The van der Waals surface area contributed by atoms with Crippen LogP contribution in [0.5, 0.6) is 0 Å². The van der Waals surface area contributed by atoms with Crippen molar-refractivity contribution >= 4 is 21.5 Å². The predicted octanol–water partition coefficient (Wildman–Crippen LogP) is 8.48. The van der Waals surface area contributed by atoms with Gasteiger partial charge < -0.3 is 0 Å². The topological polar surface area (TPSA) is 38.7 Å². The van der Waals surface area contributed by atoms with Gasteiger partial charge in [-0.3, -0.25) is 0 Å². The molecule has 36 heavy (non-hydrogen) atoms. The minimum absolute atomic E-state index is 0.190. The van der Waals surface area contributed by atoms with E-state index in [1.54, 1.807) is 0 Å². The van der Waals surface area contributed by atoms with Crippen molar-refractivity contribution in [2.75, 3.05) is 0 Å². The summed E-state index contributed by atoms with van der Waals surface area (Å²) in [6.45, 7) is 6.41. The monoisotopic (exact) mass is 465 g/mol. The van der Waals surface area contributed by atoms with Gasteiger partial charge in [0.05, 0.1) is 0 Å². The third-order valence-corrected chi connectivity index (χ3v) is 6.54. The molecule has 0 unspecified atom stereocenters. The van der Waals surface area contributed by atoms with Crippen molar-refractivity contribution in [3.05, 3.63) is 115 Å². The maximum atomic E-state index is 4.89. The predicted molar refractivity (Wildman–Crippen MR) is 150 cm³/mol. The van der Waals surface area contributed by atoms with Crippen LogP contribution >= 0.6 is 0 Å². The van der Waals surface area contributed by atoms with Crippen LogP contribution in [0.2, 0.25) is 0 Å². The van der Waals surface area contributed by atoms with Gasteiger partial charge in [-0.25, -0.2) is 15.0 Å². The molecule has 0 N–H and O–H groups in total. The van der Waals surface area contributed by atoms with Gasteiger partial charge in [-0.1, -0.05) is 118 Å². The molecule has 3 nitrogen and oxygen atoms in total. The smallest absolute Gasteiger partial charge is 0.163 e. The third-order valence-electron chi connectivity index (χ3n) is 6.54. The van der Waals surface area contributed by atoms with Crippen molar-refractivity contribution in [2.45, 2.75) is 26.2 Å². The Morgan fingerprint density at radius 1 is 0.444 bits per heavy atom. The van der Waals surface area contributed by atoms with Crippen LogP contribution in [0, 0.1) is 0 Å². The summed E-state index contributed by atoms with van der Waals surface area (Å²) < 4.78 is 0. The zero-order valence-corrected chi connectivity index (χ0v) is 20.7. The highest BCUT2D eigenvalue weighted by atomic mass is 15.0. The van der Waals surface area contributed by atoms with Gasteiger partial charge in [0.2, 0.25) is 0 Å². The summed E-state index contributed by atoms with van der Waals surface area (Å²) in [5.41, 5.74) is 4.26. The fourth-order valence-corrected chi connectivity index (χ4v) is 4.58. The third kappa shape index (κ3) is 4.14. The Morgan fingerprint density at radius 2 is 0.944 bits per heavy atom. The van der Waals surface area contributed by atoms with E-state index in [9.17, 15) is 0 Å². The summed E-state index contributed by atoms with van der Waals surface area (Å²) in [7, 11) is 0. The molecule has 6 aromatic rings. The van der Waals surface area contributed by atoms with E-state index in [-0.39, 0.29) is 5.41 Å². The highest BCUT2D eigenvalue weighted by molar-refractivity contribution is 6.09. The lowest BCUT2D eigenvalue weighted by Gasteiger charge is -2.18. The lowest BCUT2D eigenvalue weighted by molar-refractivity contribution is 0.543. The van der Waals surface area contributed by atoms with Gasteiger partial charge in [0, 0.05) is 16.5 Å². The number of hydrogen-bond donors (Lipinski definition) is 0. The van der Waals surface area contributed by atoms with Crippen LogP contribution in [0.3, 0.4) is 0 Å². The number of rotatable bonds is 3. The van der Waals surface area contributed by atoms with E-state index in [1.165, 1.54) is 32.7 Å². The van der Waals surface area contributed by atoms with Crippen LogP contribution in [-0.4, -0.2) is 15.0 Å². The average Bonchev–Trinajstić information content (AvgIpc) is 2.92. The molecule has 0 atom stereocenters. The first kappa shape index (κ1) is 22.1. The molecule has 0 saturated heterocycles. The number of aromatic nitrogens is 3. The van der Waals surface area contributed by atoms with Crippen LogP contribution in [-0.2, 0) is 5.41 Å². The van der Waals surface area contributed by atoms with Crippen LogP contribution in [0.4, 0.5) is 0 Å². The molecule has 174 valence electrons. The summed E-state index contributed by atoms with van der Waals surface area (Å²) in [4.78, 5) is 14.6. The van der Waals surface area contributed by atoms with E-state index in [0.717, 1.165) is 17.0 Å². The molecular formula is C33H27N3. The molecule has 0 spiro atoms. The van der Waals surface area contributed by atoms with E-state index in [0.29, 0.717) is 11.6 Å². The highest BCUT2D eigenvalue weighted by Gasteiger charge is 2.21. The molecule has 0 aliphatic carbocycles. The quantitative estimate of drug-likeness (QED) is 0.246. The van der Waals surface area contributed by atoms with Gasteiger partial charge in [0.25, 0.3) is 0 Å². The summed E-state index contributed by atoms with van der Waals surface area (Å²) in [5.74, 6) is 2.20. The average molecular weight is 466 g/mol. The molecule has 0 aliphatic rings. The molecule has 0 aliphatic heterocycles. The largest absolute Gasteiger partial charge is 0.212 e. The molecule has 0 fully saturated rings. The first-order chi connectivity index (χ1) is 17.5. The van der Waals surface area contributed by atoms with Crippen molar-refractivity contribution in [2.24, 2.45) is 0 Å². The number of fused-ring (bicyclic) bond motifs is 3. The molecule has 0 bridgehead atoms. The van der Waals surface area contributed by atoms with Crippen molar-refractivity contribution in [3.63, 3.8) is 0 Å². The number of benzene rings is 5. The molecule has 6 rings (SSSR count). The maximum absolute atomic E-state index is 4.89. The second-order valence-electron chi connectivity index (χ2n) is 10.2. The zero-order chi connectivity index (χ0) is 24.7. The van der Waals surface area contributed by atoms with E-state index < -0.39 is 0 Å². The minimum Gasteiger partial charge on any atom is -0.212 e. The fraction of sp³-hybridized carbons (Fsp3) is 0.121. The first-order valence-corrected chi connectivity index (χ1v) is 12.3. The van der Waals surface area contributed by atoms with E-state index in [1.807, 2.05) is 30.3 Å². The Labute approximate surface area is 211 Å². The normalized spacial score (nSPS) is 11.8. The Kier molecular flexibility index (Phi) is 5.34. The van der Waals surface area contributed by atoms with Crippen LogP contribution in [0.25, 0.3) is 55.4 Å². The molecule has 3 heteroatoms. The Hall–Kier alpha value is -4.37. The fourth-order valence-electron chi connectivity index (χ4n) is 4.58. The molecule has 1 aromatic heterocycles. The van der Waals surface area contributed by atoms with E-state index >= 15 is 0 Å². The zero-order valence-electron chi connectivity index (χ0n) is 20.7. The lowest BCUT2D eigenvalue weighted by atomic mass is 9.95. The van der Waals surface area contributed by atoms with Crippen molar-refractivity contribution in [1.82, 2.24) is 15.0 Å². The van der Waals surface area contributed by atoms with Crippen LogP contribution in [0.15, 0.2) is 109 Å². The van der Waals surface area contributed by atoms with Gasteiger partial charge in [-0.15, -0.1) is 0 Å². The van der Waals surface area contributed by atoms with Crippen molar-refractivity contribution < 1.29 is 0 Å². The molecule has 0 radical (unpaired) electrons. The molecule has 0 saturated carbocycles. The number of nitrogens with zero attached hydrogens (tertiary/aromatic N) is 3. The second-order valence-corrected chi connectivity index (χ2v) is 10.2. The van der Waals surface area contributed by atoms with E-state index in [2.05, 4.69) is 99.6 Å². The minimum atomic E-state index is -0.190. The van der Waals surface area contributed by atoms with E-state index in [4.69, 9.17) is 15.0 Å². The van der Waals surface area contributed by atoms with Crippen LogP contribution in [0.1, 0.15) is 26.6 Å². The molecule has 1 heterocycles. The van der Waals surface area contributed by atoms with Crippen molar-refractivity contribution in [1.29, 1.82) is 0 Å². The molecule has 0 amide bonds. The summed E-state index contributed by atoms with van der Waals surface area (Å²) in [5, 5.41) is 4.88. The van der Waals surface area contributed by atoms with Gasteiger partial charge in [-0.2, -0.15) is 0 Å². The SMILES string of the molecule is CC(C)(C)c1nc(-c2ccccc2)nc(-c2ccc3c(ccc4cc(-c5ccccc5)ccc43)c2)n1. The van der Waals surface area contributed by atoms with Gasteiger partial charge >= 0.3 is 0 Å². The van der Waals surface area contributed by atoms with Gasteiger partial charge in [-0.05, 0) is 44.8 Å². The van der Waals surface area contributed by atoms with Crippen molar-refractivity contribution in [3.8, 4) is 33.9 Å². The molecule has 5 aromatic carbocycles. The highest BCUT2D eigenvalue weighted by Crippen LogP contribution is 2.32.